The molecule has 0 bridgehead atoms. The summed E-state index contributed by atoms with van der Waals surface area (Å²) in [6, 6.07) is 9.52. The van der Waals surface area contributed by atoms with Crippen molar-refractivity contribution in [1.82, 2.24) is 10.1 Å². The molecule has 2 atom stereocenters. The highest BCUT2D eigenvalue weighted by atomic mass is 16.5. The Morgan fingerprint density at radius 3 is 2.85 bits per heavy atom. The van der Waals surface area contributed by atoms with Crippen LogP contribution in [0.3, 0.4) is 0 Å². The third-order valence-electron chi connectivity index (χ3n) is 3.24. The Kier molecular flexibility index (Phi) is 3.94. The lowest BCUT2D eigenvalue weighted by Gasteiger charge is -2.07. The van der Waals surface area contributed by atoms with E-state index in [-0.39, 0.29) is 18.8 Å². The number of nitrogens with two attached hydrogens (primary N) is 1. The highest BCUT2D eigenvalue weighted by Gasteiger charge is 2.29. The second-order valence-corrected chi connectivity index (χ2v) is 4.71. The van der Waals surface area contributed by atoms with Crippen molar-refractivity contribution >= 4 is 0 Å². The zero-order chi connectivity index (χ0) is 13.8. The monoisotopic (exact) mass is 275 g/mol. The largest absolute Gasteiger partial charge is 0.485 e. The van der Waals surface area contributed by atoms with E-state index in [4.69, 9.17) is 19.7 Å². The molecule has 1 aliphatic heterocycles. The summed E-state index contributed by atoms with van der Waals surface area (Å²) in [5, 5.41) is 3.90. The van der Waals surface area contributed by atoms with Gasteiger partial charge in [0.1, 0.15) is 11.9 Å². The van der Waals surface area contributed by atoms with E-state index in [2.05, 4.69) is 10.1 Å². The maximum absolute atomic E-state index is 5.71. The predicted molar refractivity (Wildman–Crippen MR) is 71.0 cm³/mol. The lowest BCUT2D eigenvalue weighted by Crippen LogP contribution is -2.18. The van der Waals surface area contributed by atoms with Crippen molar-refractivity contribution in [2.24, 2.45) is 5.73 Å². The highest BCUT2D eigenvalue weighted by molar-refractivity contribution is 5.20. The van der Waals surface area contributed by atoms with Crippen molar-refractivity contribution in [3.05, 3.63) is 42.0 Å². The fourth-order valence-electron chi connectivity index (χ4n) is 2.18. The fourth-order valence-corrected chi connectivity index (χ4v) is 2.18. The van der Waals surface area contributed by atoms with Crippen LogP contribution in [0.1, 0.15) is 30.7 Å². The Morgan fingerprint density at radius 1 is 1.25 bits per heavy atom. The van der Waals surface area contributed by atoms with Crippen LogP contribution in [0.25, 0.3) is 0 Å². The summed E-state index contributed by atoms with van der Waals surface area (Å²) in [6.07, 6.45) is 1.75. The predicted octanol–water partition coefficient (Wildman–Crippen LogP) is 1.83. The van der Waals surface area contributed by atoms with Gasteiger partial charge in [0, 0.05) is 6.54 Å². The second kappa shape index (κ2) is 6.02. The third-order valence-corrected chi connectivity index (χ3v) is 3.24. The Labute approximate surface area is 116 Å². The van der Waals surface area contributed by atoms with Gasteiger partial charge >= 0.3 is 0 Å². The molecule has 1 aromatic carbocycles. The quantitative estimate of drug-likeness (QED) is 0.896. The number of aromatic nitrogens is 2. The first-order valence-electron chi connectivity index (χ1n) is 6.71. The van der Waals surface area contributed by atoms with Crippen LogP contribution in [-0.2, 0) is 11.3 Å². The van der Waals surface area contributed by atoms with E-state index in [0.717, 1.165) is 18.6 Å². The maximum Gasteiger partial charge on any atom is 0.255 e. The molecule has 3 rings (SSSR count). The summed E-state index contributed by atoms with van der Waals surface area (Å²) < 4.78 is 16.5. The van der Waals surface area contributed by atoms with Crippen molar-refractivity contribution in [2.75, 3.05) is 6.54 Å². The second-order valence-electron chi connectivity index (χ2n) is 4.71. The van der Waals surface area contributed by atoms with Crippen molar-refractivity contribution in [3.8, 4) is 5.75 Å². The van der Waals surface area contributed by atoms with Crippen LogP contribution in [0, 0.1) is 0 Å². The highest BCUT2D eigenvalue weighted by Crippen LogP contribution is 2.31. The molecule has 1 saturated heterocycles. The van der Waals surface area contributed by atoms with Crippen LogP contribution in [0.5, 0.6) is 5.75 Å². The van der Waals surface area contributed by atoms with Gasteiger partial charge < -0.3 is 19.7 Å². The minimum Gasteiger partial charge on any atom is -0.485 e. The number of rotatable bonds is 5. The molecule has 0 radical (unpaired) electrons. The fraction of sp³-hybridized carbons (Fsp3) is 0.429. The van der Waals surface area contributed by atoms with Gasteiger partial charge in [0.25, 0.3) is 5.89 Å². The minimum absolute atomic E-state index is 0.0934. The summed E-state index contributed by atoms with van der Waals surface area (Å²) in [5.41, 5.74) is 5.58. The molecule has 2 aromatic rings. The summed E-state index contributed by atoms with van der Waals surface area (Å²) in [4.78, 5) is 4.31. The van der Waals surface area contributed by atoms with E-state index >= 15 is 0 Å². The standard InChI is InChI=1S/C14H17N3O3/c15-8-11-6-7-12(19-11)14-16-13(17-20-14)9-18-10-4-2-1-3-5-10/h1-5,11-12H,6-9,15H2/t11-,12-/m0/s1. The molecule has 0 unspecified atom stereocenters. The van der Waals surface area contributed by atoms with Crippen molar-refractivity contribution in [1.29, 1.82) is 0 Å². The molecule has 1 aromatic heterocycles. The number of ether oxygens (including phenoxy) is 2. The molecule has 0 aliphatic carbocycles. The van der Waals surface area contributed by atoms with Gasteiger partial charge in [-0.15, -0.1) is 0 Å². The molecule has 2 N–H and O–H groups in total. The van der Waals surface area contributed by atoms with Gasteiger partial charge in [-0.1, -0.05) is 23.4 Å². The first-order valence-corrected chi connectivity index (χ1v) is 6.71. The molecular weight excluding hydrogens is 258 g/mol. The zero-order valence-electron chi connectivity index (χ0n) is 11.1. The van der Waals surface area contributed by atoms with Crippen LogP contribution < -0.4 is 10.5 Å². The van der Waals surface area contributed by atoms with Gasteiger partial charge in [0.15, 0.2) is 6.61 Å². The molecule has 106 valence electrons. The van der Waals surface area contributed by atoms with E-state index in [1.807, 2.05) is 30.3 Å². The van der Waals surface area contributed by atoms with Gasteiger partial charge in [-0.3, -0.25) is 0 Å². The molecule has 1 fully saturated rings. The van der Waals surface area contributed by atoms with Gasteiger partial charge in [0.05, 0.1) is 6.10 Å². The average Bonchev–Trinajstić information content (AvgIpc) is 3.15. The topological polar surface area (TPSA) is 83.4 Å². The maximum atomic E-state index is 5.71. The summed E-state index contributed by atoms with van der Waals surface area (Å²) in [5.74, 6) is 1.80. The molecule has 6 nitrogen and oxygen atoms in total. The van der Waals surface area contributed by atoms with Gasteiger partial charge in [-0.2, -0.15) is 4.98 Å². The first-order chi connectivity index (χ1) is 9.85. The molecule has 0 amide bonds. The number of hydrogen-bond acceptors (Lipinski definition) is 6. The lowest BCUT2D eigenvalue weighted by atomic mass is 10.2. The van der Waals surface area contributed by atoms with Crippen molar-refractivity contribution in [3.63, 3.8) is 0 Å². The Balaban J connectivity index is 1.57. The van der Waals surface area contributed by atoms with Gasteiger partial charge in [-0.25, -0.2) is 0 Å². The van der Waals surface area contributed by atoms with Crippen LogP contribution in [0.15, 0.2) is 34.9 Å². The molecule has 0 saturated carbocycles. The number of nitrogens with zero attached hydrogens (tertiary/aromatic N) is 2. The molecular formula is C14H17N3O3. The molecule has 1 aliphatic rings. The SMILES string of the molecule is NC[C@@H]1CC[C@@H](c2nc(COc3ccccc3)no2)O1. The van der Waals surface area contributed by atoms with Crippen LogP contribution >= 0.6 is 0 Å². The normalized spacial score (nSPS) is 22.1. The van der Waals surface area contributed by atoms with E-state index in [9.17, 15) is 0 Å². The van der Waals surface area contributed by atoms with Gasteiger partial charge in [0.2, 0.25) is 5.82 Å². The third kappa shape index (κ3) is 2.97. The van der Waals surface area contributed by atoms with Crippen LogP contribution in [0.4, 0.5) is 0 Å². The molecule has 0 spiro atoms. The van der Waals surface area contributed by atoms with E-state index in [1.165, 1.54) is 0 Å². The first kappa shape index (κ1) is 13.1. The summed E-state index contributed by atoms with van der Waals surface area (Å²) in [6.45, 7) is 0.801. The zero-order valence-corrected chi connectivity index (χ0v) is 11.1. The van der Waals surface area contributed by atoms with Crippen molar-refractivity contribution in [2.45, 2.75) is 31.7 Å². The van der Waals surface area contributed by atoms with E-state index in [1.54, 1.807) is 0 Å². The number of benzene rings is 1. The van der Waals surface area contributed by atoms with E-state index < -0.39 is 0 Å². The summed E-state index contributed by atoms with van der Waals surface area (Å²) >= 11 is 0. The number of hydrogen-bond donors (Lipinski definition) is 1. The lowest BCUT2D eigenvalue weighted by molar-refractivity contribution is 0.0307. The molecule has 2 heterocycles. The van der Waals surface area contributed by atoms with Gasteiger partial charge in [-0.05, 0) is 25.0 Å². The van der Waals surface area contributed by atoms with Crippen LogP contribution in [0.2, 0.25) is 0 Å². The van der Waals surface area contributed by atoms with Crippen LogP contribution in [-0.4, -0.2) is 22.8 Å². The molecule has 6 heteroatoms. The Hall–Kier alpha value is -1.92. The minimum atomic E-state index is -0.137. The summed E-state index contributed by atoms with van der Waals surface area (Å²) in [7, 11) is 0. The van der Waals surface area contributed by atoms with Crippen molar-refractivity contribution < 1.29 is 14.0 Å². The smallest absolute Gasteiger partial charge is 0.255 e. The Bertz CT molecular complexity index is 544. The van der Waals surface area contributed by atoms with E-state index in [0.29, 0.717) is 18.3 Å². The Morgan fingerprint density at radius 2 is 2.10 bits per heavy atom. The average molecular weight is 275 g/mol. The molecule has 20 heavy (non-hydrogen) atoms. The number of para-hydroxylation sites is 1.